The summed E-state index contributed by atoms with van der Waals surface area (Å²) in [4.78, 5) is 0. The summed E-state index contributed by atoms with van der Waals surface area (Å²) in [6.07, 6.45) is 3.10. The van der Waals surface area contributed by atoms with E-state index in [0.29, 0.717) is 0 Å². The number of allylic oxidation sites excluding steroid dienone is 4. The molecule has 0 fully saturated rings. The van der Waals surface area contributed by atoms with Gasteiger partial charge in [0.25, 0.3) is 0 Å². The lowest BCUT2D eigenvalue weighted by molar-refractivity contribution is 1.12. The van der Waals surface area contributed by atoms with Crippen LogP contribution in [0.2, 0.25) is 0 Å². The summed E-state index contributed by atoms with van der Waals surface area (Å²) in [6, 6.07) is 6.33. The number of hydrogen-bond acceptors (Lipinski definition) is 1. The molecule has 1 nitrogen and oxygen atoms in total. The highest BCUT2D eigenvalue weighted by molar-refractivity contribution is 5.86. The molecule has 0 bridgehead atoms. The maximum absolute atomic E-state index is 4.14. The van der Waals surface area contributed by atoms with E-state index in [2.05, 4.69) is 42.7 Å². The molecule has 0 unspecified atom stereocenters. The average Bonchev–Trinajstić information content (AvgIpc) is 2.27. The van der Waals surface area contributed by atoms with Crippen LogP contribution in [0.25, 0.3) is 5.57 Å². The summed E-state index contributed by atoms with van der Waals surface area (Å²) in [5.41, 5.74) is 7.21. The smallest absolute Gasteiger partial charge is 0.0419 e. The maximum Gasteiger partial charge on any atom is 0.0419 e. The molecule has 1 N–H and O–H groups in total. The average molecular weight is 211 g/mol. The van der Waals surface area contributed by atoms with Crippen molar-refractivity contribution in [1.82, 2.24) is 0 Å². The summed E-state index contributed by atoms with van der Waals surface area (Å²) in [6.45, 7) is 10.2. The molecule has 0 saturated carbocycles. The minimum absolute atomic E-state index is 0.958. The Labute approximate surface area is 97.2 Å². The van der Waals surface area contributed by atoms with Crippen LogP contribution in [0.4, 0.5) is 5.69 Å². The van der Waals surface area contributed by atoms with Crippen molar-refractivity contribution in [2.75, 3.05) is 12.4 Å². The third kappa shape index (κ3) is 1.69. The van der Waals surface area contributed by atoms with Gasteiger partial charge in [-0.15, -0.1) is 0 Å². The highest BCUT2D eigenvalue weighted by Gasteiger charge is 2.16. The Morgan fingerprint density at radius 1 is 1.38 bits per heavy atom. The summed E-state index contributed by atoms with van der Waals surface area (Å²) in [5, 5.41) is 3.22. The van der Waals surface area contributed by atoms with E-state index in [1.165, 1.54) is 16.7 Å². The molecule has 1 aliphatic carbocycles. The number of benzene rings is 1. The maximum atomic E-state index is 4.14. The molecule has 1 aromatic rings. The van der Waals surface area contributed by atoms with Gasteiger partial charge in [-0.1, -0.05) is 36.9 Å². The van der Waals surface area contributed by atoms with Crippen LogP contribution in [0, 0.1) is 0 Å². The summed E-state index contributed by atoms with van der Waals surface area (Å²) in [5.74, 6) is 0. The molecule has 82 valence electrons. The van der Waals surface area contributed by atoms with Gasteiger partial charge in [-0.2, -0.15) is 0 Å². The first-order valence-corrected chi connectivity index (χ1v) is 5.49. The van der Waals surface area contributed by atoms with Crippen molar-refractivity contribution in [2.45, 2.75) is 13.3 Å². The Morgan fingerprint density at radius 2 is 2.12 bits per heavy atom. The van der Waals surface area contributed by atoms with E-state index in [1.54, 1.807) is 0 Å². The molecule has 1 aliphatic rings. The van der Waals surface area contributed by atoms with Gasteiger partial charge in [0.05, 0.1) is 0 Å². The molecule has 0 saturated heterocycles. The van der Waals surface area contributed by atoms with Gasteiger partial charge in [0, 0.05) is 18.3 Å². The van der Waals surface area contributed by atoms with Gasteiger partial charge in [-0.3, -0.25) is 0 Å². The standard InChI is InChI=1S/C15H17N/c1-10(2)13-8-11(3)15-12(9-13)6-5-7-14(15)16-4/h5-8,16H,1,3,9H2,2,4H3. The Kier molecular flexibility index (Phi) is 2.69. The van der Waals surface area contributed by atoms with Gasteiger partial charge >= 0.3 is 0 Å². The Morgan fingerprint density at radius 3 is 2.75 bits per heavy atom. The predicted octanol–water partition coefficient (Wildman–Crippen LogP) is 3.80. The molecule has 16 heavy (non-hydrogen) atoms. The van der Waals surface area contributed by atoms with Gasteiger partial charge in [0.2, 0.25) is 0 Å². The fourth-order valence-electron chi connectivity index (χ4n) is 2.15. The molecule has 2 rings (SSSR count). The van der Waals surface area contributed by atoms with Crippen LogP contribution in [0.5, 0.6) is 0 Å². The first kappa shape index (κ1) is 10.7. The molecular formula is C15H17N. The van der Waals surface area contributed by atoms with Gasteiger partial charge < -0.3 is 5.32 Å². The molecule has 0 atom stereocenters. The van der Waals surface area contributed by atoms with E-state index >= 15 is 0 Å². The number of rotatable bonds is 2. The molecule has 0 aromatic heterocycles. The minimum atomic E-state index is 0.958. The van der Waals surface area contributed by atoms with Crippen molar-refractivity contribution >= 4 is 11.3 Å². The number of hydrogen-bond donors (Lipinski definition) is 1. The fourth-order valence-corrected chi connectivity index (χ4v) is 2.15. The lowest BCUT2D eigenvalue weighted by Gasteiger charge is -2.21. The number of anilines is 1. The number of nitrogens with one attached hydrogen (secondary N) is 1. The Bertz CT molecular complexity index is 492. The quantitative estimate of drug-likeness (QED) is 0.784. The fraction of sp³-hybridized carbons (Fsp3) is 0.200. The van der Waals surface area contributed by atoms with E-state index in [0.717, 1.165) is 23.3 Å². The third-order valence-electron chi connectivity index (χ3n) is 3.02. The molecule has 1 heteroatoms. The van der Waals surface area contributed by atoms with Crippen LogP contribution in [0.3, 0.4) is 0 Å². The summed E-state index contributed by atoms with van der Waals surface area (Å²) >= 11 is 0. The lowest BCUT2D eigenvalue weighted by Crippen LogP contribution is -2.05. The van der Waals surface area contributed by atoms with Gasteiger partial charge in [0.1, 0.15) is 0 Å². The largest absolute Gasteiger partial charge is 0.388 e. The molecule has 0 aliphatic heterocycles. The second-order valence-electron chi connectivity index (χ2n) is 4.24. The van der Waals surface area contributed by atoms with Gasteiger partial charge in [-0.05, 0) is 36.1 Å². The van der Waals surface area contributed by atoms with E-state index in [1.807, 2.05) is 14.0 Å². The second-order valence-corrected chi connectivity index (χ2v) is 4.24. The van der Waals surface area contributed by atoms with Crippen LogP contribution < -0.4 is 5.32 Å². The predicted molar refractivity (Wildman–Crippen MR) is 71.6 cm³/mol. The van der Waals surface area contributed by atoms with Crippen molar-refractivity contribution < 1.29 is 0 Å². The van der Waals surface area contributed by atoms with Crippen LogP contribution in [-0.2, 0) is 6.42 Å². The highest BCUT2D eigenvalue weighted by Crippen LogP contribution is 2.35. The third-order valence-corrected chi connectivity index (χ3v) is 3.02. The summed E-state index contributed by atoms with van der Waals surface area (Å²) < 4.78 is 0. The molecule has 0 radical (unpaired) electrons. The van der Waals surface area contributed by atoms with Crippen LogP contribution in [0.15, 0.2) is 48.6 Å². The SMILES string of the molecule is C=C(C)C1=CC(=C)c2c(cccc2NC)C1. The van der Waals surface area contributed by atoms with Crippen LogP contribution in [-0.4, -0.2) is 7.05 Å². The van der Waals surface area contributed by atoms with Crippen molar-refractivity contribution in [3.63, 3.8) is 0 Å². The minimum Gasteiger partial charge on any atom is -0.388 e. The van der Waals surface area contributed by atoms with E-state index in [4.69, 9.17) is 0 Å². The molecular weight excluding hydrogens is 194 g/mol. The number of fused-ring (bicyclic) bond motifs is 1. The normalized spacial score (nSPS) is 14.1. The van der Waals surface area contributed by atoms with Gasteiger partial charge in [-0.25, -0.2) is 0 Å². The monoisotopic (exact) mass is 211 g/mol. The summed E-state index contributed by atoms with van der Waals surface area (Å²) in [7, 11) is 1.95. The molecule has 0 spiro atoms. The molecule has 0 amide bonds. The van der Waals surface area contributed by atoms with Crippen molar-refractivity contribution in [3.05, 3.63) is 59.7 Å². The van der Waals surface area contributed by atoms with Crippen molar-refractivity contribution in [3.8, 4) is 0 Å². The van der Waals surface area contributed by atoms with Crippen LogP contribution >= 0.6 is 0 Å². The topological polar surface area (TPSA) is 12.0 Å². The van der Waals surface area contributed by atoms with Gasteiger partial charge in [0.15, 0.2) is 0 Å². The van der Waals surface area contributed by atoms with Crippen molar-refractivity contribution in [2.24, 2.45) is 0 Å². The first-order valence-electron chi connectivity index (χ1n) is 5.49. The zero-order chi connectivity index (χ0) is 11.7. The highest BCUT2D eigenvalue weighted by atomic mass is 14.8. The van der Waals surface area contributed by atoms with E-state index in [-0.39, 0.29) is 0 Å². The Balaban J connectivity index is 2.53. The first-order chi connectivity index (χ1) is 7.63. The Hall–Kier alpha value is -1.76. The zero-order valence-electron chi connectivity index (χ0n) is 9.93. The molecule has 1 aromatic carbocycles. The lowest BCUT2D eigenvalue weighted by atomic mass is 9.85. The van der Waals surface area contributed by atoms with Crippen molar-refractivity contribution in [1.29, 1.82) is 0 Å². The molecule has 0 heterocycles. The van der Waals surface area contributed by atoms with E-state index < -0.39 is 0 Å². The van der Waals surface area contributed by atoms with E-state index in [9.17, 15) is 0 Å². The zero-order valence-corrected chi connectivity index (χ0v) is 9.93. The van der Waals surface area contributed by atoms with Crippen LogP contribution in [0.1, 0.15) is 18.1 Å². The second kappa shape index (κ2) is 4.01.